The van der Waals surface area contributed by atoms with Crippen molar-refractivity contribution in [2.75, 3.05) is 19.0 Å². The lowest BCUT2D eigenvalue weighted by atomic mass is 9.89. The molecule has 0 radical (unpaired) electrons. The van der Waals surface area contributed by atoms with Gasteiger partial charge < -0.3 is 20.1 Å². The van der Waals surface area contributed by atoms with Crippen molar-refractivity contribution in [3.8, 4) is 11.5 Å². The number of amides is 1. The summed E-state index contributed by atoms with van der Waals surface area (Å²) >= 11 is 0. The zero-order valence-corrected chi connectivity index (χ0v) is 15.2. The smallest absolute Gasteiger partial charge is 0.224 e. The van der Waals surface area contributed by atoms with Crippen LogP contribution in [0.1, 0.15) is 39.0 Å². The number of halogens is 1. The number of hydrogen-bond donors (Lipinski definition) is 2. The van der Waals surface area contributed by atoms with Crippen LogP contribution in [0.4, 0.5) is 5.69 Å². The lowest BCUT2D eigenvalue weighted by molar-refractivity contribution is -0.117. The first-order chi connectivity index (χ1) is 11.2. The van der Waals surface area contributed by atoms with E-state index in [9.17, 15) is 4.79 Å². The maximum Gasteiger partial charge on any atom is 0.224 e. The average molecular weight is 355 g/mol. The number of piperidine rings is 1. The number of anilines is 1. The van der Waals surface area contributed by atoms with Crippen molar-refractivity contribution in [1.82, 2.24) is 5.32 Å². The highest BCUT2D eigenvalue weighted by molar-refractivity contribution is 5.91. The van der Waals surface area contributed by atoms with Crippen LogP contribution in [-0.4, -0.2) is 31.7 Å². The predicted octanol–water partition coefficient (Wildman–Crippen LogP) is 3.37. The van der Waals surface area contributed by atoms with Gasteiger partial charge in [0, 0.05) is 30.3 Å². The average Bonchev–Trinajstić information content (AvgIpc) is 2.87. The zero-order chi connectivity index (χ0) is 16.2. The second-order valence-electron chi connectivity index (χ2n) is 6.53. The van der Waals surface area contributed by atoms with Crippen LogP contribution in [0.15, 0.2) is 18.2 Å². The molecule has 2 N–H and O–H groups in total. The van der Waals surface area contributed by atoms with E-state index in [0.717, 1.165) is 18.5 Å². The number of carbonyl (C=O) groups excluding carboxylic acids is 1. The normalized spacial score (nSPS) is 24.8. The van der Waals surface area contributed by atoms with E-state index in [1.54, 1.807) is 7.11 Å². The molecule has 0 saturated carbocycles. The molecule has 3 rings (SSSR count). The first-order valence-electron chi connectivity index (χ1n) is 8.54. The molecule has 2 bridgehead atoms. The number of rotatable bonds is 6. The van der Waals surface area contributed by atoms with Gasteiger partial charge in [-0.25, -0.2) is 0 Å². The Bertz CT molecular complexity index is 555. The van der Waals surface area contributed by atoms with Gasteiger partial charge in [0.2, 0.25) is 5.91 Å². The summed E-state index contributed by atoms with van der Waals surface area (Å²) in [5.74, 6) is 1.92. The summed E-state index contributed by atoms with van der Waals surface area (Å²) < 4.78 is 10.8. The molecule has 2 aliphatic heterocycles. The van der Waals surface area contributed by atoms with Gasteiger partial charge >= 0.3 is 0 Å². The highest BCUT2D eigenvalue weighted by atomic mass is 35.5. The van der Waals surface area contributed by atoms with Crippen LogP contribution in [0, 0.1) is 5.92 Å². The molecule has 6 heteroatoms. The lowest BCUT2D eigenvalue weighted by Crippen LogP contribution is -2.39. The molecule has 1 amide bonds. The van der Waals surface area contributed by atoms with Crippen molar-refractivity contribution in [3.05, 3.63) is 18.2 Å². The highest BCUT2D eigenvalue weighted by Gasteiger charge is 2.34. The lowest BCUT2D eigenvalue weighted by Gasteiger charge is -2.28. The van der Waals surface area contributed by atoms with Crippen LogP contribution in [0.5, 0.6) is 11.5 Å². The minimum Gasteiger partial charge on any atom is -0.493 e. The van der Waals surface area contributed by atoms with Gasteiger partial charge in [-0.3, -0.25) is 4.79 Å². The Morgan fingerprint density at radius 3 is 2.58 bits per heavy atom. The quantitative estimate of drug-likeness (QED) is 0.822. The Hall–Kier alpha value is -1.46. The van der Waals surface area contributed by atoms with Gasteiger partial charge in [-0.1, -0.05) is 0 Å². The summed E-state index contributed by atoms with van der Waals surface area (Å²) in [7, 11) is 1.61. The summed E-state index contributed by atoms with van der Waals surface area (Å²) in [6.45, 7) is 2.52. The fourth-order valence-corrected chi connectivity index (χ4v) is 3.84. The second-order valence-corrected chi connectivity index (χ2v) is 6.53. The first kappa shape index (κ1) is 18.9. The number of nitrogens with one attached hydrogen (secondary N) is 2. The van der Waals surface area contributed by atoms with Crippen molar-refractivity contribution >= 4 is 24.0 Å². The molecule has 1 aromatic rings. The molecule has 0 aromatic heterocycles. The number of ether oxygens (including phenoxy) is 2. The first-order valence-corrected chi connectivity index (χ1v) is 8.54. The van der Waals surface area contributed by atoms with Gasteiger partial charge in [0.25, 0.3) is 0 Å². The van der Waals surface area contributed by atoms with Gasteiger partial charge in [-0.2, -0.15) is 0 Å². The number of carbonyl (C=O) groups is 1. The minimum atomic E-state index is 0. The third-order valence-corrected chi connectivity index (χ3v) is 4.79. The van der Waals surface area contributed by atoms with E-state index in [0.29, 0.717) is 42.5 Å². The molecule has 1 aromatic carbocycles. The number of benzene rings is 1. The van der Waals surface area contributed by atoms with Gasteiger partial charge in [0.15, 0.2) is 11.5 Å². The fourth-order valence-electron chi connectivity index (χ4n) is 3.84. The molecule has 2 aliphatic rings. The van der Waals surface area contributed by atoms with E-state index in [4.69, 9.17) is 9.47 Å². The third kappa shape index (κ3) is 4.54. The van der Waals surface area contributed by atoms with E-state index in [1.165, 1.54) is 12.8 Å². The molecule has 2 unspecified atom stereocenters. The van der Waals surface area contributed by atoms with E-state index in [-0.39, 0.29) is 18.3 Å². The topological polar surface area (TPSA) is 59.6 Å². The summed E-state index contributed by atoms with van der Waals surface area (Å²) in [4.78, 5) is 12.3. The molecule has 2 fully saturated rings. The van der Waals surface area contributed by atoms with Gasteiger partial charge in [-0.15, -0.1) is 12.4 Å². The molecular formula is C18H27ClN2O3. The SMILES string of the molecule is CCOc1ccc(NC(=O)CC2CC3CCC(C2)N3)cc1OC.Cl. The second kappa shape index (κ2) is 8.58. The summed E-state index contributed by atoms with van der Waals surface area (Å²) in [6.07, 6.45) is 5.37. The number of methoxy groups -OCH3 is 1. The summed E-state index contributed by atoms with van der Waals surface area (Å²) in [6, 6.07) is 6.75. The van der Waals surface area contributed by atoms with E-state index in [1.807, 2.05) is 25.1 Å². The van der Waals surface area contributed by atoms with Crippen molar-refractivity contribution in [1.29, 1.82) is 0 Å². The van der Waals surface area contributed by atoms with Gasteiger partial charge in [-0.05, 0) is 50.7 Å². The van der Waals surface area contributed by atoms with Crippen LogP contribution in [0.25, 0.3) is 0 Å². The highest BCUT2D eigenvalue weighted by Crippen LogP contribution is 2.33. The third-order valence-electron chi connectivity index (χ3n) is 4.79. The minimum absolute atomic E-state index is 0. The van der Waals surface area contributed by atoms with Gasteiger partial charge in [0.05, 0.1) is 13.7 Å². The van der Waals surface area contributed by atoms with Crippen LogP contribution >= 0.6 is 12.4 Å². The van der Waals surface area contributed by atoms with E-state index in [2.05, 4.69) is 10.6 Å². The summed E-state index contributed by atoms with van der Waals surface area (Å²) in [5, 5.41) is 6.60. The van der Waals surface area contributed by atoms with Crippen LogP contribution in [0.3, 0.4) is 0 Å². The Balaban J connectivity index is 0.00000208. The monoisotopic (exact) mass is 354 g/mol. The Kier molecular flexibility index (Phi) is 6.75. The van der Waals surface area contributed by atoms with Crippen molar-refractivity contribution in [2.24, 2.45) is 5.92 Å². The standard InChI is InChI=1S/C18H26N2O3.ClH/c1-3-23-16-7-6-15(11-17(16)22-2)20-18(21)10-12-8-13-4-5-14(9-12)19-13;/h6-7,11-14,19H,3-5,8-10H2,1-2H3,(H,20,21);1H. The van der Waals surface area contributed by atoms with Crippen LogP contribution in [-0.2, 0) is 4.79 Å². The molecule has 0 spiro atoms. The maximum atomic E-state index is 12.3. The van der Waals surface area contributed by atoms with Crippen LogP contribution < -0.4 is 20.1 Å². The Morgan fingerprint density at radius 2 is 1.96 bits per heavy atom. The van der Waals surface area contributed by atoms with Gasteiger partial charge in [0.1, 0.15) is 0 Å². The molecule has 2 atom stereocenters. The van der Waals surface area contributed by atoms with E-state index >= 15 is 0 Å². The van der Waals surface area contributed by atoms with Crippen LogP contribution in [0.2, 0.25) is 0 Å². The molecule has 0 aliphatic carbocycles. The van der Waals surface area contributed by atoms with Crippen molar-refractivity contribution in [3.63, 3.8) is 0 Å². The molecule has 2 heterocycles. The number of fused-ring (bicyclic) bond motifs is 2. The molecule has 2 saturated heterocycles. The molecular weight excluding hydrogens is 328 g/mol. The predicted molar refractivity (Wildman–Crippen MR) is 97.3 cm³/mol. The van der Waals surface area contributed by atoms with Crippen molar-refractivity contribution < 1.29 is 14.3 Å². The zero-order valence-electron chi connectivity index (χ0n) is 14.3. The van der Waals surface area contributed by atoms with E-state index < -0.39 is 0 Å². The molecule has 5 nitrogen and oxygen atoms in total. The summed E-state index contributed by atoms with van der Waals surface area (Å²) in [5.41, 5.74) is 0.757. The fraction of sp³-hybridized carbons (Fsp3) is 0.611. The van der Waals surface area contributed by atoms with Crippen molar-refractivity contribution in [2.45, 2.75) is 51.1 Å². The molecule has 24 heavy (non-hydrogen) atoms. The largest absolute Gasteiger partial charge is 0.493 e. The molecule has 134 valence electrons. The number of hydrogen-bond acceptors (Lipinski definition) is 4. The maximum absolute atomic E-state index is 12.3. The Labute approximate surface area is 149 Å². The Morgan fingerprint density at radius 1 is 1.25 bits per heavy atom.